The average molecular weight is 291 g/mol. The number of carbonyl (C=O) groups is 1. The predicted molar refractivity (Wildman–Crippen MR) is 82.5 cm³/mol. The van der Waals surface area contributed by atoms with Gasteiger partial charge in [0.2, 0.25) is 0 Å². The monoisotopic (exact) mass is 291 g/mol. The molecular formula is C17H25NO3. The molecule has 2 rings (SSSR count). The summed E-state index contributed by atoms with van der Waals surface area (Å²) in [7, 11) is 0. The van der Waals surface area contributed by atoms with Crippen molar-refractivity contribution in [2.75, 3.05) is 26.2 Å². The molecule has 1 fully saturated rings. The van der Waals surface area contributed by atoms with Crippen LogP contribution < -0.4 is 4.74 Å². The van der Waals surface area contributed by atoms with Crippen LogP contribution in [-0.4, -0.2) is 42.2 Å². The van der Waals surface area contributed by atoms with Crippen LogP contribution in [0.2, 0.25) is 0 Å². The largest absolute Gasteiger partial charge is 0.494 e. The van der Waals surface area contributed by atoms with E-state index in [-0.39, 0.29) is 5.92 Å². The van der Waals surface area contributed by atoms with Gasteiger partial charge in [-0.3, -0.25) is 4.79 Å². The third-order valence-electron chi connectivity index (χ3n) is 4.54. The second-order valence-electron chi connectivity index (χ2n) is 6.16. The zero-order chi connectivity index (χ0) is 15.3. The van der Waals surface area contributed by atoms with Crippen molar-refractivity contribution in [3.8, 4) is 5.75 Å². The number of nitrogens with zero attached hydrogens (tertiary/aromatic N) is 1. The molecule has 1 saturated heterocycles. The van der Waals surface area contributed by atoms with E-state index in [1.54, 1.807) is 0 Å². The zero-order valence-corrected chi connectivity index (χ0v) is 12.9. The number of carboxylic acids is 1. The van der Waals surface area contributed by atoms with Gasteiger partial charge in [0.25, 0.3) is 0 Å². The molecular weight excluding hydrogens is 266 g/mol. The quantitative estimate of drug-likeness (QED) is 0.785. The molecule has 0 aromatic heterocycles. The summed E-state index contributed by atoms with van der Waals surface area (Å²) in [6.07, 6.45) is 1.67. The van der Waals surface area contributed by atoms with Crippen LogP contribution in [0.3, 0.4) is 0 Å². The highest BCUT2D eigenvalue weighted by molar-refractivity contribution is 5.75. The lowest BCUT2D eigenvalue weighted by atomic mass is 9.76. The fourth-order valence-electron chi connectivity index (χ4n) is 2.99. The molecule has 0 bridgehead atoms. The Hall–Kier alpha value is -1.55. The van der Waals surface area contributed by atoms with Gasteiger partial charge in [-0.1, -0.05) is 32.0 Å². The van der Waals surface area contributed by atoms with E-state index in [0.717, 1.165) is 31.7 Å². The Morgan fingerprint density at radius 1 is 1.38 bits per heavy atom. The minimum atomic E-state index is -0.652. The summed E-state index contributed by atoms with van der Waals surface area (Å²) >= 11 is 0. The van der Waals surface area contributed by atoms with Crippen LogP contribution >= 0.6 is 0 Å². The third-order valence-corrected chi connectivity index (χ3v) is 4.54. The van der Waals surface area contributed by atoms with Crippen LogP contribution in [0.15, 0.2) is 30.3 Å². The van der Waals surface area contributed by atoms with Crippen molar-refractivity contribution >= 4 is 5.97 Å². The summed E-state index contributed by atoms with van der Waals surface area (Å²) in [4.78, 5) is 13.8. The normalized spacial score (nSPS) is 22.6. The molecule has 21 heavy (non-hydrogen) atoms. The Morgan fingerprint density at radius 3 is 2.67 bits per heavy atom. The summed E-state index contributed by atoms with van der Waals surface area (Å²) in [6, 6.07) is 9.78. The van der Waals surface area contributed by atoms with Crippen molar-refractivity contribution in [3.05, 3.63) is 30.3 Å². The lowest BCUT2D eigenvalue weighted by molar-refractivity contribution is -0.151. The molecule has 4 heteroatoms. The smallest absolute Gasteiger partial charge is 0.311 e. The van der Waals surface area contributed by atoms with Crippen molar-refractivity contribution in [1.29, 1.82) is 0 Å². The zero-order valence-electron chi connectivity index (χ0n) is 12.9. The Balaban J connectivity index is 1.74. The maximum Gasteiger partial charge on any atom is 0.311 e. The molecule has 1 aliphatic rings. The van der Waals surface area contributed by atoms with Gasteiger partial charge in [0, 0.05) is 13.1 Å². The number of likely N-dealkylation sites (tertiary alicyclic amines) is 1. The van der Waals surface area contributed by atoms with E-state index >= 15 is 0 Å². The molecule has 1 aliphatic heterocycles. The predicted octanol–water partition coefficient (Wildman–Crippen LogP) is 2.89. The Morgan fingerprint density at radius 2 is 2.10 bits per heavy atom. The van der Waals surface area contributed by atoms with E-state index in [1.807, 2.05) is 44.2 Å². The molecule has 1 aromatic carbocycles. The first kappa shape index (κ1) is 15.8. The lowest BCUT2D eigenvalue weighted by Crippen LogP contribution is -2.39. The number of para-hydroxylation sites is 1. The average Bonchev–Trinajstić information content (AvgIpc) is 2.90. The van der Waals surface area contributed by atoms with Gasteiger partial charge in [-0.25, -0.2) is 0 Å². The number of rotatable bonds is 7. The molecule has 1 heterocycles. The molecule has 0 radical (unpaired) electrons. The molecule has 0 spiro atoms. The molecule has 0 aliphatic carbocycles. The summed E-state index contributed by atoms with van der Waals surface area (Å²) in [6.45, 7) is 7.12. The minimum Gasteiger partial charge on any atom is -0.494 e. The molecule has 1 atom stereocenters. The van der Waals surface area contributed by atoms with Gasteiger partial charge >= 0.3 is 5.97 Å². The third kappa shape index (κ3) is 3.76. The van der Waals surface area contributed by atoms with Crippen LogP contribution in [0, 0.1) is 11.3 Å². The summed E-state index contributed by atoms with van der Waals surface area (Å²) in [5, 5.41) is 9.52. The fraction of sp³-hybridized carbons (Fsp3) is 0.588. The number of carboxylic acid groups (broad SMARTS) is 1. The van der Waals surface area contributed by atoms with E-state index in [9.17, 15) is 9.90 Å². The molecule has 1 aromatic rings. The maximum atomic E-state index is 11.6. The Kier molecular flexibility index (Phi) is 5.23. The van der Waals surface area contributed by atoms with Gasteiger partial charge in [0.05, 0.1) is 12.0 Å². The Bertz CT molecular complexity index is 460. The van der Waals surface area contributed by atoms with Gasteiger partial charge < -0.3 is 14.7 Å². The van der Waals surface area contributed by atoms with E-state index in [0.29, 0.717) is 13.2 Å². The van der Waals surface area contributed by atoms with Crippen LogP contribution in [-0.2, 0) is 4.79 Å². The van der Waals surface area contributed by atoms with E-state index in [2.05, 4.69) is 4.90 Å². The first-order valence-electron chi connectivity index (χ1n) is 7.68. The van der Waals surface area contributed by atoms with E-state index < -0.39 is 11.4 Å². The highest BCUT2D eigenvalue weighted by Gasteiger charge is 2.46. The first-order valence-corrected chi connectivity index (χ1v) is 7.68. The standard InChI is InChI=1S/C17H25NO3/c1-14(2)17(16(19)20)9-11-18(13-17)10-6-12-21-15-7-4-3-5-8-15/h3-5,7-8,14H,6,9-13H2,1-2H3,(H,19,20). The molecule has 1 unspecified atom stereocenters. The molecule has 1 N–H and O–H groups in total. The molecule has 116 valence electrons. The molecule has 4 nitrogen and oxygen atoms in total. The van der Waals surface area contributed by atoms with Gasteiger partial charge in [0.1, 0.15) is 5.75 Å². The van der Waals surface area contributed by atoms with Crippen molar-refractivity contribution < 1.29 is 14.6 Å². The van der Waals surface area contributed by atoms with Gasteiger partial charge in [-0.2, -0.15) is 0 Å². The van der Waals surface area contributed by atoms with E-state index in [4.69, 9.17) is 4.74 Å². The fourth-order valence-corrected chi connectivity index (χ4v) is 2.99. The van der Waals surface area contributed by atoms with E-state index in [1.165, 1.54) is 0 Å². The van der Waals surface area contributed by atoms with Crippen molar-refractivity contribution in [2.24, 2.45) is 11.3 Å². The second-order valence-corrected chi connectivity index (χ2v) is 6.16. The molecule has 0 amide bonds. The van der Waals surface area contributed by atoms with Crippen LogP contribution in [0.1, 0.15) is 26.7 Å². The SMILES string of the molecule is CC(C)C1(C(=O)O)CCN(CCCOc2ccccc2)C1. The van der Waals surface area contributed by atoms with Crippen molar-refractivity contribution in [1.82, 2.24) is 4.90 Å². The van der Waals surface area contributed by atoms with Gasteiger partial charge in [-0.15, -0.1) is 0 Å². The molecule has 0 saturated carbocycles. The number of hydrogen-bond acceptors (Lipinski definition) is 3. The number of benzene rings is 1. The highest BCUT2D eigenvalue weighted by Crippen LogP contribution is 2.38. The minimum absolute atomic E-state index is 0.167. The number of ether oxygens (including phenoxy) is 1. The summed E-state index contributed by atoms with van der Waals surface area (Å²) < 4.78 is 5.67. The Labute approximate surface area is 126 Å². The van der Waals surface area contributed by atoms with Crippen LogP contribution in [0.4, 0.5) is 0 Å². The van der Waals surface area contributed by atoms with Crippen molar-refractivity contribution in [3.63, 3.8) is 0 Å². The van der Waals surface area contributed by atoms with Crippen LogP contribution in [0.25, 0.3) is 0 Å². The van der Waals surface area contributed by atoms with Gasteiger partial charge in [0.15, 0.2) is 0 Å². The topological polar surface area (TPSA) is 49.8 Å². The van der Waals surface area contributed by atoms with Crippen molar-refractivity contribution in [2.45, 2.75) is 26.7 Å². The van der Waals surface area contributed by atoms with Crippen LogP contribution in [0.5, 0.6) is 5.75 Å². The maximum absolute atomic E-state index is 11.6. The highest BCUT2D eigenvalue weighted by atomic mass is 16.5. The van der Waals surface area contributed by atoms with Gasteiger partial charge in [-0.05, 0) is 37.4 Å². The second kappa shape index (κ2) is 6.94. The summed E-state index contributed by atoms with van der Waals surface area (Å²) in [5.41, 5.74) is -0.569. The lowest BCUT2D eigenvalue weighted by Gasteiger charge is -2.28. The number of aliphatic carboxylic acids is 1. The summed E-state index contributed by atoms with van der Waals surface area (Å²) in [5.74, 6) is 0.405. The first-order chi connectivity index (χ1) is 10.0. The number of hydrogen-bond donors (Lipinski definition) is 1.